The highest BCUT2D eigenvalue weighted by molar-refractivity contribution is 5.99. The molecule has 0 saturated carbocycles. The number of rotatable bonds is 17. The van der Waals surface area contributed by atoms with Gasteiger partial charge in [0, 0.05) is 36.8 Å². The predicted molar refractivity (Wildman–Crippen MR) is 267 cm³/mol. The summed E-state index contributed by atoms with van der Waals surface area (Å²) in [5.41, 5.74) is 8.65. The molecule has 0 bridgehead atoms. The van der Waals surface area contributed by atoms with Crippen LogP contribution in [0.4, 0.5) is 0 Å². The van der Waals surface area contributed by atoms with Gasteiger partial charge in [0.2, 0.25) is 35.9 Å². The largest absolute Gasteiger partial charge is 0.368 e. The summed E-state index contributed by atoms with van der Waals surface area (Å²) in [5, 5.41) is 16.4. The van der Waals surface area contributed by atoms with Crippen molar-refractivity contribution in [3.05, 3.63) is 107 Å². The van der Waals surface area contributed by atoms with Crippen molar-refractivity contribution in [2.45, 2.75) is 111 Å². The Balaban J connectivity index is 0.000000602. The van der Waals surface area contributed by atoms with Crippen LogP contribution in [0.25, 0.3) is 0 Å². The molecule has 0 aliphatic carbocycles. The Morgan fingerprint density at radius 3 is 1.78 bits per heavy atom. The van der Waals surface area contributed by atoms with Crippen LogP contribution in [0.5, 0.6) is 0 Å². The van der Waals surface area contributed by atoms with E-state index in [1.54, 1.807) is 32.8 Å². The second kappa shape index (κ2) is 30.7. The lowest BCUT2D eigenvalue weighted by Gasteiger charge is -2.28. The average molecular weight is 957 g/mol. The number of likely N-dealkylation sites (tertiary alicyclic amines) is 1. The summed E-state index contributed by atoms with van der Waals surface area (Å²) in [6.45, 7) is 15.8. The molecular weight excluding hydrogens is 881 g/mol. The molecule has 0 radical (unpaired) electrons. The molecule has 69 heavy (non-hydrogen) atoms. The molecule has 18 heteroatoms. The molecule has 378 valence electrons. The van der Waals surface area contributed by atoms with Gasteiger partial charge >= 0.3 is 0 Å². The summed E-state index contributed by atoms with van der Waals surface area (Å²) in [5.74, 6) is -3.09. The third kappa shape index (κ3) is 19.1. The molecule has 3 aromatic carbocycles. The number of carbonyl (C=O) groups excluding carboxylic acids is 8. The van der Waals surface area contributed by atoms with Gasteiger partial charge in [0.15, 0.2) is 0 Å². The number of hydrogen-bond donors (Lipinski definition) is 7. The highest BCUT2D eigenvalue weighted by atomic mass is 16.2. The Morgan fingerprint density at radius 2 is 1.28 bits per heavy atom. The van der Waals surface area contributed by atoms with E-state index in [2.05, 4.69) is 76.9 Å². The van der Waals surface area contributed by atoms with Crippen molar-refractivity contribution >= 4 is 47.8 Å². The molecule has 6 atom stereocenters. The van der Waals surface area contributed by atoms with Gasteiger partial charge in [-0.15, -0.1) is 0 Å². The fourth-order valence-corrected chi connectivity index (χ4v) is 6.96. The molecule has 2 aliphatic rings. The van der Waals surface area contributed by atoms with E-state index in [0.29, 0.717) is 18.7 Å². The third-order valence-electron chi connectivity index (χ3n) is 11.4. The molecule has 5 rings (SSSR count). The van der Waals surface area contributed by atoms with Crippen LogP contribution in [0, 0.1) is 5.92 Å². The van der Waals surface area contributed by atoms with Gasteiger partial charge in [-0.25, -0.2) is 0 Å². The molecule has 0 aromatic heterocycles. The highest BCUT2D eigenvalue weighted by Crippen LogP contribution is 2.20. The molecule has 2 saturated heterocycles. The number of primary amides is 1. The fraction of sp³-hybridized carbons (Fsp3) is 0.490. The zero-order valence-electron chi connectivity index (χ0n) is 42.0. The Bertz CT molecular complexity index is 2090. The van der Waals surface area contributed by atoms with Crippen LogP contribution < -0.4 is 37.6 Å². The summed E-state index contributed by atoms with van der Waals surface area (Å²) >= 11 is 0. The number of likely N-dealkylation sites (N-methyl/N-ethyl adjacent to an activating group) is 2. The molecule has 18 nitrogen and oxygen atoms in total. The Morgan fingerprint density at radius 1 is 0.739 bits per heavy atom. The van der Waals surface area contributed by atoms with Crippen LogP contribution in [0.3, 0.4) is 0 Å². The highest BCUT2D eigenvalue weighted by Gasteiger charge is 2.39. The van der Waals surface area contributed by atoms with E-state index >= 15 is 0 Å². The smallest absolute Gasteiger partial charge is 0.255 e. The van der Waals surface area contributed by atoms with E-state index in [4.69, 9.17) is 5.73 Å². The normalized spacial score (nSPS) is 16.6. The maximum absolute atomic E-state index is 13.3. The summed E-state index contributed by atoms with van der Waals surface area (Å²) < 4.78 is 0. The van der Waals surface area contributed by atoms with Gasteiger partial charge in [0.25, 0.3) is 11.8 Å². The van der Waals surface area contributed by atoms with Gasteiger partial charge in [-0.3, -0.25) is 38.4 Å². The zero-order valence-corrected chi connectivity index (χ0v) is 42.0. The van der Waals surface area contributed by atoms with Crippen molar-refractivity contribution in [3.8, 4) is 0 Å². The van der Waals surface area contributed by atoms with Crippen LogP contribution in [-0.2, 0) is 35.2 Å². The lowest BCUT2D eigenvalue weighted by atomic mass is 10.0. The first-order chi connectivity index (χ1) is 32.9. The summed E-state index contributed by atoms with van der Waals surface area (Å²) in [4.78, 5) is 103. The van der Waals surface area contributed by atoms with Gasteiger partial charge in [-0.05, 0) is 89.0 Å². The first-order valence-corrected chi connectivity index (χ1v) is 23.7. The Kier molecular flexibility index (Phi) is 26.0. The molecule has 2 aliphatic heterocycles. The zero-order chi connectivity index (χ0) is 51.6. The minimum atomic E-state index is -0.942. The van der Waals surface area contributed by atoms with E-state index in [9.17, 15) is 38.4 Å². The number of nitrogens with one attached hydrogen (secondary N) is 6. The molecular formula is C51H76N10O8. The van der Waals surface area contributed by atoms with Crippen molar-refractivity contribution in [3.63, 3.8) is 0 Å². The lowest BCUT2D eigenvalue weighted by Crippen LogP contribution is -2.54. The first-order valence-electron chi connectivity index (χ1n) is 23.7. The number of carbonyl (C=O) groups is 8. The molecule has 2 fully saturated rings. The Labute approximate surface area is 408 Å². The van der Waals surface area contributed by atoms with E-state index in [0.717, 1.165) is 18.4 Å². The number of nitrogens with two attached hydrogens (primary N) is 1. The maximum atomic E-state index is 13.3. The van der Waals surface area contributed by atoms with Crippen LogP contribution in [-0.4, -0.2) is 140 Å². The third-order valence-corrected chi connectivity index (χ3v) is 11.4. The van der Waals surface area contributed by atoms with Gasteiger partial charge in [0.05, 0.1) is 31.3 Å². The molecule has 5 unspecified atom stereocenters. The van der Waals surface area contributed by atoms with Crippen molar-refractivity contribution in [2.24, 2.45) is 11.7 Å². The molecule has 8 N–H and O–H groups in total. The lowest BCUT2D eigenvalue weighted by molar-refractivity contribution is -0.137. The molecule has 2 heterocycles. The topological polar surface area (TPSA) is 244 Å². The first kappa shape index (κ1) is 58.5. The monoisotopic (exact) mass is 957 g/mol. The molecule has 3 aromatic rings. The second-order valence-corrected chi connectivity index (χ2v) is 17.2. The second-order valence-electron chi connectivity index (χ2n) is 17.2. The summed E-state index contributed by atoms with van der Waals surface area (Å²) in [6.07, 6.45) is 3.22. The average Bonchev–Trinajstić information content (AvgIpc) is 4.04. The number of hydrogen-bond acceptors (Lipinski definition) is 10. The van der Waals surface area contributed by atoms with Gasteiger partial charge in [-0.1, -0.05) is 102 Å². The van der Waals surface area contributed by atoms with Gasteiger partial charge in [0.1, 0.15) is 12.1 Å². The number of amides is 8. The van der Waals surface area contributed by atoms with Crippen LogP contribution >= 0.6 is 0 Å². The van der Waals surface area contributed by atoms with E-state index in [1.807, 2.05) is 57.2 Å². The summed E-state index contributed by atoms with van der Waals surface area (Å²) in [7, 11) is 3.27. The maximum Gasteiger partial charge on any atom is 0.255 e. The van der Waals surface area contributed by atoms with Crippen molar-refractivity contribution < 1.29 is 38.4 Å². The van der Waals surface area contributed by atoms with Crippen LogP contribution in [0.1, 0.15) is 106 Å². The van der Waals surface area contributed by atoms with E-state index in [1.165, 1.54) is 46.0 Å². The van der Waals surface area contributed by atoms with Crippen molar-refractivity contribution in [1.82, 2.24) is 46.6 Å². The SMILES string of the molecule is CC(NC=O)c1ccccc1.CCC.CCc1ccccc1.CNC(C)C(=O)NCC(=O)N1CC(NC(=O)c2ccc(C(=O)N3CCN(C(=O)C(NC(=O)[C@H](C)NC)C(C)C)C3)cc2)CC1C(N)=O. The van der Waals surface area contributed by atoms with Crippen molar-refractivity contribution in [2.75, 3.05) is 46.9 Å². The van der Waals surface area contributed by atoms with Crippen LogP contribution in [0.15, 0.2) is 84.9 Å². The van der Waals surface area contributed by atoms with Gasteiger partial charge < -0.3 is 52.3 Å². The van der Waals surface area contributed by atoms with E-state index in [-0.39, 0.29) is 67.3 Å². The quantitative estimate of drug-likeness (QED) is 0.0976. The van der Waals surface area contributed by atoms with E-state index < -0.39 is 47.9 Å². The fourth-order valence-electron chi connectivity index (χ4n) is 6.96. The number of benzene rings is 3. The Hall–Kier alpha value is -6.66. The standard InChI is InChI=1S/C31H47N9O7.C9H11NO.C8H10.C3H8/c1-17(2)25(37-28(44)19(4)34-6)31(47)39-12-11-38(16-39)30(46)21-9-7-20(8-10-21)29(45)36-22-13-23(26(32)42)40(15-22)24(41)14-35-27(43)18(3)33-5;1-8(10-7-11)9-5-3-2-4-6-9;1-2-8-6-4-3-5-7-8;1-3-2/h7-10,17-19,22-23,25,33-34H,11-16H2,1-6H3,(H2,32,42)(H,35,43)(H,36,45)(H,37,44);2-8H,1H3,(H,10,11);3-7H,2H2,1H3;3H2,1-2H3/t18?,19-,22?,23?,25?;;;/m0.../s1. The minimum absolute atomic E-state index is 0.0340. The molecule has 8 amide bonds. The number of aryl methyl sites for hydroxylation is 1. The minimum Gasteiger partial charge on any atom is -0.368 e. The molecule has 0 spiro atoms. The predicted octanol–water partition coefficient (Wildman–Crippen LogP) is 2.74. The van der Waals surface area contributed by atoms with Gasteiger partial charge in [-0.2, -0.15) is 0 Å². The van der Waals surface area contributed by atoms with Crippen LogP contribution in [0.2, 0.25) is 0 Å². The van der Waals surface area contributed by atoms with Crippen molar-refractivity contribution in [1.29, 1.82) is 0 Å². The number of nitrogens with zero attached hydrogens (tertiary/aromatic N) is 3. The summed E-state index contributed by atoms with van der Waals surface area (Å²) in [6, 6.07) is 23.2.